The minimum absolute atomic E-state index is 0.0432. The highest BCUT2D eigenvalue weighted by atomic mass is 16.3. The van der Waals surface area contributed by atoms with Crippen molar-refractivity contribution < 1.29 is 15.0 Å². The Bertz CT molecular complexity index is 458. The van der Waals surface area contributed by atoms with E-state index in [4.69, 9.17) is 0 Å². The van der Waals surface area contributed by atoms with Crippen molar-refractivity contribution in [2.24, 2.45) is 5.92 Å². The number of carbonyl (C=O) groups excluding carboxylic acids is 1. The first kappa shape index (κ1) is 16.3. The van der Waals surface area contributed by atoms with Gasteiger partial charge in [0.15, 0.2) is 11.5 Å². The molecule has 20 heavy (non-hydrogen) atoms. The maximum atomic E-state index is 12.1. The third-order valence-electron chi connectivity index (χ3n) is 3.04. The Morgan fingerprint density at radius 3 is 2.40 bits per heavy atom. The summed E-state index contributed by atoms with van der Waals surface area (Å²) < 4.78 is 0. The van der Waals surface area contributed by atoms with Gasteiger partial charge in [-0.2, -0.15) is 0 Å². The predicted molar refractivity (Wildman–Crippen MR) is 78.5 cm³/mol. The van der Waals surface area contributed by atoms with Gasteiger partial charge in [0.05, 0.1) is 6.04 Å². The molecule has 0 aliphatic carbocycles. The molecule has 1 rings (SSSR count). The maximum Gasteiger partial charge on any atom is 0.239 e. The van der Waals surface area contributed by atoms with Crippen molar-refractivity contribution in [1.82, 2.24) is 10.2 Å². The molecule has 0 aromatic heterocycles. The van der Waals surface area contributed by atoms with Crippen LogP contribution in [0.1, 0.15) is 25.8 Å². The molecule has 0 aliphatic heterocycles. The molecule has 0 spiro atoms. The standard InChI is InChI=1S/C15H24N2O3/c1-10(2)7-12(15(20)17(3)4)16-9-11-5-6-13(18)14(19)8-11/h5-6,8,10,12,16,18-19H,7,9H2,1-4H3. The van der Waals surface area contributed by atoms with E-state index >= 15 is 0 Å². The number of hydrogen-bond donors (Lipinski definition) is 3. The first-order valence-electron chi connectivity index (χ1n) is 6.76. The zero-order valence-electron chi connectivity index (χ0n) is 12.6. The molecule has 5 nitrogen and oxygen atoms in total. The molecule has 1 aromatic rings. The number of phenols is 2. The van der Waals surface area contributed by atoms with Crippen molar-refractivity contribution in [3.05, 3.63) is 23.8 Å². The summed E-state index contributed by atoms with van der Waals surface area (Å²) >= 11 is 0. The molecule has 0 bridgehead atoms. The Labute approximate surface area is 120 Å². The fraction of sp³-hybridized carbons (Fsp3) is 0.533. The van der Waals surface area contributed by atoms with Crippen LogP contribution >= 0.6 is 0 Å². The molecule has 1 atom stereocenters. The van der Waals surface area contributed by atoms with Gasteiger partial charge in [-0.25, -0.2) is 0 Å². The monoisotopic (exact) mass is 280 g/mol. The van der Waals surface area contributed by atoms with E-state index in [0.717, 1.165) is 12.0 Å². The molecule has 112 valence electrons. The van der Waals surface area contributed by atoms with E-state index in [1.54, 1.807) is 25.1 Å². The number of nitrogens with zero attached hydrogens (tertiary/aromatic N) is 1. The second kappa shape index (κ2) is 7.14. The van der Waals surface area contributed by atoms with Crippen molar-refractivity contribution in [1.29, 1.82) is 0 Å². The number of aromatic hydroxyl groups is 2. The van der Waals surface area contributed by atoms with Crippen molar-refractivity contribution in [2.45, 2.75) is 32.9 Å². The highest BCUT2D eigenvalue weighted by molar-refractivity contribution is 5.81. The van der Waals surface area contributed by atoms with Gasteiger partial charge in [0, 0.05) is 20.6 Å². The average molecular weight is 280 g/mol. The van der Waals surface area contributed by atoms with Crippen LogP contribution in [0.15, 0.2) is 18.2 Å². The number of nitrogens with one attached hydrogen (secondary N) is 1. The Hall–Kier alpha value is -1.75. The summed E-state index contributed by atoms with van der Waals surface area (Å²) in [6.45, 7) is 4.61. The second-order valence-electron chi connectivity index (χ2n) is 5.62. The van der Waals surface area contributed by atoms with E-state index in [9.17, 15) is 15.0 Å². The number of amides is 1. The molecule has 0 radical (unpaired) electrons. The zero-order valence-corrected chi connectivity index (χ0v) is 12.6. The van der Waals surface area contributed by atoms with E-state index in [1.165, 1.54) is 12.1 Å². The lowest BCUT2D eigenvalue weighted by Crippen LogP contribution is -2.44. The van der Waals surface area contributed by atoms with Gasteiger partial charge in [-0.3, -0.25) is 4.79 Å². The van der Waals surface area contributed by atoms with Gasteiger partial charge in [0.1, 0.15) is 0 Å². The number of likely N-dealkylation sites (N-methyl/N-ethyl adjacent to an activating group) is 1. The first-order valence-corrected chi connectivity index (χ1v) is 6.76. The topological polar surface area (TPSA) is 72.8 Å². The fourth-order valence-corrected chi connectivity index (χ4v) is 1.97. The molecule has 1 unspecified atom stereocenters. The Morgan fingerprint density at radius 2 is 1.90 bits per heavy atom. The number of rotatable bonds is 6. The number of benzene rings is 1. The van der Waals surface area contributed by atoms with E-state index < -0.39 is 0 Å². The molecular formula is C15H24N2O3. The molecule has 1 aromatic carbocycles. The van der Waals surface area contributed by atoms with E-state index in [2.05, 4.69) is 19.2 Å². The summed E-state index contributed by atoms with van der Waals surface area (Å²) in [6.07, 6.45) is 0.751. The van der Waals surface area contributed by atoms with Crippen LogP contribution in [0.3, 0.4) is 0 Å². The highest BCUT2D eigenvalue weighted by Crippen LogP contribution is 2.24. The Kier molecular flexibility index (Phi) is 5.82. The summed E-state index contributed by atoms with van der Waals surface area (Å²) in [5.74, 6) is 0.159. The summed E-state index contributed by atoms with van der Waals surface area (Å²) in [5, 5.41) is 21.9. The molecule has 0 heterocycles. The van der Waals surface area contributed by atoms with Gasteiger partial charge < -0.3 is 20.4 Å². The first-order chi connectivity index (χ1) is 9.31. The van der Waals surface area contributed by atoms with E-state index in [1.807, 2.05) is 0 Å². The van der Waals surface area contributed by atoms with Gasteiger partial charge in [-0.1, -0.05) is 19.9 Å². The van der Waals surface area contributed by atoms with Crippen LogP contribution in [0.5, 0.6) is 11.5 Å². The third kappa shape index (κ3) is 4.74. The van der Waals surface area contributed by atoms with Gasteiger partial charge >= 0.3 is 0 Å². The minimum Gasteiger partial charge on any atom is -0.504 e. The summed E-state index contributed by atoms with van der Waals surface area (Å²) in [5.41, 5.74) is 0.820. The van der Waals surface area contributed by atoms with Gasteiger partial charge in [0.25, 0.3) is 0 Å². The molecule has 0 fully saturated rings. The van der Waals surface area contributed by atoms with E-state index in [0.29, 0.717) is 12.5 Å². The van der Waals surface area contributed by atoms with Gasteiger partial charge in [-0.15, -0.1) is 0 Å². The van der Waals surface area contributed by atoms with Crippen molar-refractivity contribution in [3.8, 4) is 11.5 Å². The van der Waals surface area contributed by atoms with Crippen molar-refractivity contribution >= 4 is 5.91 Å². The summed E-state index contributed by atoms with van der Waals surface area (Å²) in [6, 6.07) is 4.40. The van der Waals surface area contributed by atoms with Gasteiger partial charge in [0.2, 0.25) is 5.91 Å². The van der Waals surface area contributed by atoms with Crippen molar-refractivity contribution in [2.75, 3.05) is 14.1 Å². The summed E-state index contributed by atoms with van der Waals surface area (Å²) in [4.78, 5) is 13.7. The third-order valence-corrected chi connectivity index (χ3v) is 3.04. The van der Waals surface area contributed by atoms with Crippen molar-refractivity contribution in [3.63, 3.8) is 0 Å². The Balaban J connectivity index is 2.70. The quantitative estimate of drug-likeness (QED) is 0.693. The predicted octanol–water partition coefficient (Wildman–Crippen LogP) is 1.69. The number of hydrogen-bond acceptors (Lipinski definition) is 4. The lowest BCUT2D eigenvalue weighted by atomic mass is 10.0. The van der Waals surface area contributed by atoms with Crippen LogP contribution in [0, 0.1) is 5.92 Å². The van der Waals surface area contributed by atoms with E-state index in [-0.39, 0.29) is 23.4 Å². The smallest absolute Gasteiger partial charge is 0.239 e. The molecular weight excluding hydrogens is 256 g/mol. The maximum absolute atomic E-state index is 12.1. The largest absolute Gasteiger partial charge is 0.504 e. The fourth-order valence-electron chi connectivity index (χ4n) is 1.97. The lowest BCUT2D eigenvalue weighted by Gasteiger charge is -2.23. The normalized spacial score (nSPS) is 12.4. The molecule has 0 saturated heterocycles. The zero-order chi connectivity index (χ0) is 15.3. The molecule has 1 amide bonds. The number of phenolic OH excluding ortho intramolecular Hbond substituents is 2. The Morgan fingerprint density at radius 1 is 1.25 bits per heavy atom. The lowest BCUT2D eigenvalue weighted by molar-refractivity contribution is -0.131. The molecule has 3 N–H and O–H groups in total. The van der Waals surface area contributed by atoms with Gasteiger partial charge in [-0.05, 0) is 30.0 Å². The average Bonchev–Trinajstić information content (AvgIpc) is 2.37. The van der Waals surface area contributed by atoms with Crippen LogP contribution in [0.25, 0.3) is 0 Å². The van der Waals surface area contributed by atoms with Crippen LogP contribution in [-0.2, 0) is 11.3 Å². The van der Waals surface area contributed by atoms with Crippen LogP contribution < -0.4 is 5.32 Å². The second-order valence-corrected chi connectivity index (χ2v) is 5.62. The van der Waals surface area contributed by atoms with Crippen LogP contribution in [0.4, 0.5) is 0 Å². The highest BCUT2D eigenvalue weighted by Gasteiger charge is 2.20. The minimum atomic E-state index is -0.249. The summed E-state index contributed by atoms with van der Waals surface area (Å²) in [7, 11) is 3.48. The molecule has 5 heteroatoms. The molecule has 0 aliphatic rings. The number of carbonyl (C=O) groups is 1. The molecule has 0 saturated carbocycles. The SMILES string of the molecule is CC(C)CC(NCc1ccc(O)c(O)c1)C(=O)N(C)C. The van der Waals surface area contributed by atoms with Crippen LogP contribution in [0.2, 0.25) is 0 Å². The van der Waals surface area contributed by atoms with Crippen LogP contribution in [-0.4, -0.2) is 41.2 Å².